The normalized spacial score (nSPS) is 13.3. The number of allylic oxidation sites excluding steroid dienone is 3. The van der Waals surface area contributed by atoms with Crippen molar-refractivity contribution in [3.8, 4) is 0 Å². The smallest absolute Gasteiger partial charge is 0.0952 e. The van der Waals surface area contributed by atoms with Crippen molar-refractivity contribution in [1.29, 1.82) is 0 Å². The van der Waals surface area contributed by atoms with E-state index in [4.69, 9.17) is 0 Å². The molecule has 0 aliphatic carbocycles. The SMILES string of the molecule is C=CC=C(C)c1ccc(C(C)n2ccnc2)nc1. The maximum Gasteiger partial charge on any atom is 0.0952 e. The molecular formula is C15H17N3. The molecule has 3 nitrogen and oxygen atoms in total. The minimum atomic E-state index is 0.199. The highest BCUT2D eigenvalue weighted by Gasteiger charge is 2.08. The second-order valence-corrected chi connectivity index (χ2v) is 4.24. The predicted molar refractivity (Wildman–Crippen MR) is 74.1 cm³/mol. The maximum absolute atomic E-state index is 4.51. The second kappa shape index (κ2) is 5.45. The highest BCUT2D eigenvalue weighted by atomic mass is 15.1. The Balaban J connectivity index is 2.22. The molecule has 0 radical (unpaired) electrons. The van der Waals surface area contributed by atoms with Crippen molar-refractivity contribution in [2.45, 2.75) is 19.9 Å². The molecular weight excluding hydrogens is 222 g/mol. The Morgan fingerprint density at radius 3 is 2.83 bits per heavy atom. The van der Waals surface area contributed by atoms with E-state index in [0.29, 0.717) is 0 Å². The van der Waals surface area contributed by atoms with Crippen LogP contribution in [0.5, 0.6) is 0 Å². The van der Waals surface area contributed by atoms with Gasteiger partial charge in [0.05, 0.1) is 18.1 Å². The van der Waals surface area contributed by atoms with E-state index >= 15 is 0 Å². The van der Waals surface area contributed by atoms with Gasteiger partial charge in [-0.3, -0.25) is 4.98 Å². The van der Waals surface area contributed by atoms with E-state index in [2.05, 4.69) is 42.5 Å². The number of nitrogens with zero attached hydrogens (tertiary/aromatic N) is 3. The van der Waals surface area contributed by atoms with Crippen LogP contribution in [0.2, 0.25) is 0 Å². The van der Waals surface area contributed by atoms with Crippen LogP contribution in [-0.4, -0.2) is 14.5 Å². The fraction of sp³-hybridized carbons (Fsp3) is 0.200. The van der Waals surface area contributed by atoms with Gasteiger partial charge in [-0.25, -0.2) is 4.98 Å². The third kappa shape index (κ3) is 2.56. The second-order valence-electron chi connectivity index (χ2n) is 4.24. The lowest BCUT2D eigenvalue weighted by molar-refractivity contribution is 0.620. The van der Waals surface area contributed by atoms with E-state index in [-0.39, 0.29) is 6.04 Å². The maximum atomic E-state index is 4.51. The molecule has 18 heavy (non-hydrogen) atoms. The average Bonchev–Trinajstić information content (AvgIpc) is 2.92. The Morgan fingerprint density at radius 2 is 2.28 bits per heavy atom. The van der Waals surface area contributed by atoms with E-state index in [1.165, 1.54) is 5.57 Å². The summed E-state index contributed by atoms with van der Waals surface area (Å²) in [5.41, 5.74) is 3.32. The van der Waals surface area contributed by atoms with E-state index < -0.39 is 0 Å². The van der Waals surface area contributed by atoms with Gasteiger partial charge in [0.25, 0.3) is 0 Å². The average molecular weight is 239 g/mol. The van der Waals surface area contributed by atoms with Crippen LogP contribution in [-0.2, 0) is 0 Å². The lowest BCUT2D eigenvalue weighted by Gasteiger charge is -2.12. The summed E-state index contributed by atoms with van der Waals surface area (Å²) in [6.07, 6.45) is 11.2. The summed E-state index contributed by atoms with van der Waals surface area (Å²) in [6.45, 7) is 7.86. The molecule has 1 atom stereocenters. The molecule has 0 aliphatic heterocycles. The molecule has 0 saturated carbocycles. The van der Waals surface area contributed by atoms with Crippen molar-refractivity contribution in [1.82, 2.24) is 14.5 Å². The van der Waals surface area contributed by atoms with Crippen molar-refractivity contribution in [3.63, 3.8) is 0 Å². The van der Waals surface area contributed by atoms with Gasteiger partial charge in [0, 0.05) is 18.6 Å². The minimum absolute atomic E-state index is 0.199. The Kier molecular flexibility index (Phi) is 3.72. The predicted octanol–water partition coefficient (Wildman–Crippen LogP) is 3.48. The summed E-state index contributed by atoms with van der Waals surface area (Å²) in [4.78, 5) is 8.57. The van der Waals surface area contributed by atoms with Gasteiger partial charge in [0.15, 0.2) is 0 Å². The van der Waals surface area contributed by atoms with Crippen molar-refractivity contribution in [3.05, 3.63) is 67.0 Å². The van der Waals surface area contributed by atoms with Gasteiger partial charge in [-0.05, 0) is 31.1 Å². The molecule has 2 rings (SSSR count). The first kappa shape index (κ1) is 12.3. The third-order valence-corrected chi connectivity index (χ3v) is 3.01. The third-order valence-electron chi connectivity index (χ3n) is 3.01. The van der Waals surface area contributed by atoms with Crippen LogP contribution in [0, 0.1) is 0 Å². The number of hydrogen-bond acceptors (Lipinski definition) is 2. The molecule has 2 aromatic rings. The Morgan fingerprint density at radius 1 is 1.44 bits per heavy atom. The van der Waals surface area contributed by atoms with Gasteiger partial charge >= 0.3 is 0 Å². The summed E-state index contributed by atoms with van der Waals surface area (Å²) in [6, 6.07) is 4.34. The van der Waals surface area contributed by atoms with Crippen LogP contribution in [0.1, 0.15) is 31.1 Å². The highest BCUT2D eigenvalue weighted by molar-refractivity contribution is 5.64. The highest BCUT2D eigenvalue weighted by Crippen LogP contribution is 2.18. The van der Waals surface area contributed by atoms with Crippen LogP contribution in [0.4, 0.5) is 0 Å². The quantitative estimate of drug-likeness (QED) is 0.765. The molecule has 0 fully saturated rings. The van der Waals surface area contributed by atoms with Gasteiger partial charge in [0.1, 0.15) is 0 Å². The molecule has 0 aliphatic rings. The molecule has 3 heteroatoms. The first-order valence-corrected chi connectivity index (χ1v) is 5.95. The zero-order valence-electron chi connectivity index (χ0n) is 10.7. The van der Waals surface area contributed by atoms with Crippen LogP contribution < -0.4 is 0 Å². The van der Waals surface area contributed by atoms with Crippen molar-refractivity contribution in [2.75, 3.05) is 0 Å². The molecule has 2 heterocycles. The van der Waals surface area contributed by atoms with Gasteiger partial charge < -0.3 is 4.57 Å². The number of pyridine rings is 1. The standard InChI is InChI=1S/C15H17N3/c1-4-5-12(2)14-6-7-15(17-10-14)13(3)18-9-8-16-11-18/h4-11,13H,1H2,2-3H3. The van der Waals surface area contributed by atoms with E-state index in [1.54, 1.807) is 12.3 Å². The fourth-order valence-electron chi connectivity index (χ4n) is 1.81. The molecule has 0 N–H and O–H groups in total. The van der Waals surface area contributed by atoms with Crippen LogP contribution in [0.25, 0.3) is 5.57 Å². The first-order chi connectivity index (χ1) is 8.72. The van der Waals surface area contributed by atoms with Crippen molar-refractivity contribution < 1.29 is 0 Å². The van der Waals surface area contributed by atoms with Crippen LogP contribution >= 0.6 is 0 Å². The molecule has 0 bridgehead atoms. The van der Waals surface area contributed by atoms with Crippen molar-refractivity contribution in [2.24, 2.45) is 0 Å². The lowest BCUT2D eigenvalue weighted by Crippen LogP contribution is -2.06. The fourth-order valence-corrected chi connectivity index (χ4v) is 1.81. The summed E-state index contributed by atoms with van der Waals surface area (Å²) in [5, 5.41) is 0. The monoisotopic (exact) mass is 239 g/mol. The van der Waals surface area contributed by atoms with Gasteiger partial charge in [-0.1, -0.05) is 24.8 Å². The van der Waals surface area contributed by atoms with E-state index in [9.17, 15) is 0 Å². The molecule has 0 amide bonds. The Bertz CT molecular complexity index is 536. The topological polar surface area (TPSA) is 30.7 Å². The molecule has 1 unspecified atom stereocenters. The number of hydrogen-bond donors (Lipinski definition) is 0. The van der Waals surface area contributed by atoms with Gasteiger partial charge in [0.2, 0.25) is 0 Å². The minimum Gasteiger partial charge on any atom is -0.329 e. The van der Waals surface area contributed by atoms with Crippen molar-refractivity contribution >= 4 is 5.57 Å². The molecule has 0 spiro atoms. The zero-order valence-corrected chi connectivity index (χ0v) is 10.7. The molecule has 0 aromatic carbocycles. The van der Waals surface area contributed by atoms with Gasteiger partial charge in [-0.2, -0.15) is 0 Å². The summed E-state index contributed by atoms with van der Waals surface area (Å²) in [5.74, 6) is 0. The van der Waals surface area contributed by atoms with E-state index in [0.717, 1.165) is 11.3 Å². The molecule has 0 saturated heterocycles. The first-order valence-electron chi connectivity index (χ1n) is 5.95. The van der Waals surface area contributed by atoms with Gasteiger partial charge in [-0.15, -0.1) is 0 Å². The number of aromatic nitrogens is 3. The van der Waals surface area contributed by atoms with E-state index in [1.807, 2.05) is 29.4 Å². The number of rotatable bonds is 4. The van der Waals surface area contributed by atoms with Crippen LogP contribution in [0.3, 0.4) is 0 Å². The largest absolute Gasteiger partial charge is 0.329 e. The zero-order chi connectivity index (χ0) is 13.0. The summed E-state index contributed by atoms with van der Waals surface area (Å²) in [7, 11) is 0. The molecule has 2 aromatic heterocycles. The summed E-state index contributed by atoms with van der Waals surface area (Å²) >= 11 is 0. The lowest BCUT2D eigenvalue weighted by atomic mass is 10.1. The Labute approximate surface area is 108 Å². The Hall–Kier alpha value is -2.16. The molecule has 92 valence electrons. The summed E-state index contributed by atoms with van der Waals surface area (Å²) < 4.78 is 2.04. The van der Waals surface area contributed by atoms with Crippen LogP contribution in [0.15, 0.2) is 55.8 Å². The number of imidazole rings is 1.